The first-order chi connectivity index (χ1) is 8.42. The van der Waals surface area contributed by atoms with Crippen LogP contribution in [0.15, 0.2) is 41.8 Å². The minimum Gasteiger partial charge on any atom is -0.299 e. The van der Waals surface area contributed by atoms with E-state index in [1.54, 1.807) is 0 Å². The fourth-order valence-corrected chi connectivity index (χ4v) is 3.19. The summed E-state index contributed by atoms with van der Waals surface area (Å²) < 4.78 is 0. The van der Waals surface area contributed by atoms with E-state index < -0.39 is 0 Å². The summed E-state index contributed by atoms with van der Waals surface area (Å²) in [4.78, 5) is 3.92. The van der Waals surface area contributed by atoms with Gasteiger partial charge in [0.25, 0.3) is 0 Å². The van der Waals surface area contributed by atoms with Gasteiger partial charge in [0.05, 0.1) is 0 Å². The third-order valence-electron chi connectivity index (χ3n) is 3.34. The third kappa shape index (κ3) is 2.59. The lowest BCUT2D eigenvalue weighted by Crippen LogP contribution is -2.18. The van der Waals surface area contributed by atoms with Crippen LogP contribution in [0.25, 0.3) is 10.4 Å². The van der Waals surface area contributed by atoms with Gasteiger partial charge in [0.2, 0.25) is 0 Å². The van der Waals surface area contributed by atoms with Crippen molar-refractivity contribution in [3.8, 4) is 10.4 Å². The lowest BCUT2D eigenvalue weighted by Gasteiger charge is -2.14. The molecule has 0 unspecified atom stereocenters. The molecule has 0 aliphatic carbocycles. The molecule has 1 aliphatic rings. The molecule has 0 spiro atoms. The van der Waals surface area contributed by atoms with Gasteiger partial charge in [0.15, 0.2) is 0 Å². The van der Waals surface area contributed by atoms with Crippen molar-refractivity contribution < 1.29 is 0 Å². The van der Waals surface area contributed by atoms with E-state index in [0.717, 1.165) is 6.54 Å². The third-order valence-corrected chi connectivity index (χ3v) is 4.26. The van der Waals surface area contributed by atoms with E-state index in [0.29, 0.717) is 0 Å². The van der Waals surface area contributed by atoms with E-state index in [-0.39, 0.29) is 0 Å². The van der Waals surface area contributed by atoms with Gasteiger partial charge in [-0.15, -0.1) is 11.3 Å². The average molecular weight is 243 g/mol. The molecule has 3 rings (SSSR count). The van der Waals surface area contributed by atoms with Gasteiger partial charge in [0.1, 0.15) is 0 Å². The minimum atomic E-state index is 1.11. The summed E-state index contributed by atoms with van der Waals surface area (Å²) >= 11 is 1.81. The Kier molecular flexibility index (Phi) is 3.25. The highest BCUT2D eigenvalue weighted by molar-refractivity contribution is 7.13. The Labute approximate surface area is 107 Å². The zero-order chi connectivity index (χ0) is 11.5. The van der Waals surface area contributed by atoms with E-state index in [2.05, 4.69) is 46.7 Å². The maximum Gasteiger partial charge on any atom is 0.0342 e. The molecule has 1 aliphatic heterocycles. The second-order valence-electron chi connectivity index (χ2n) is 4.66. The Morgan fingerprint density at radius 1 is 1.06 bits per heavy atom. The Morgan fingerprint density at radius 3 is 2.71 bits per heavy atom. The molecule has 0 bridgehead atoms. The van der Waals surface area contributed by atoms with Crippen LogP contribution in [0.1, 0.15) is 18.4 Å². The highest BCUT2D eigenvalue weighted by Gasteiger charge is 2.11. The van der Waals surface area contributed by atoms with Gasteiger partial charge in [-0.1, -0.05) is 24.3 Å². The predicted molar refractivity (Wildman–Crippen MR) is 74.3 cm³/mol. The second kappa shape index (κ2) is 5.03. The molecule has 1 aromatic carbocycles. The van der Waals surface area contributed by atoms with E-state index in [1.165, 1.54) is 41.9 Å². The van der Waals surface area contributed by atoms with Crippen LogP contribution in [0.2, 0.25) is 0 Å². The summed E-state index contributed by atoms with van der Waals surface area (Å²) in [5.41, 5.74) is 2.80. The molecule has 1 aromatic heterocycles. The molecule has 1 fully saturated rings. The van der Waals surface area contributed by atoms with Gasteiger partial charge in [-0.05, 0) is 54.6 Å². The molecule has 2 aromatic rings. The molecule has 0 atom stereocenters. The first-order valence-corrected chi connectivity index (χ1v) is 7.15. The number of benzene rings is 1. The molecular formula is C15H17NS. The monoisotopic (exact) mass is 243 g/mol. The van der Waals surface area contributed by atoms with Crippen molar-refractivity contribution in [3.63, 3.8) is 0 Å². The van der Waals surface area contributed by atoms with Crippen molar-refractivity contribution in [3.05, 3.63) is 47.3 Å². The van der Waals surface area contributed by atoms with Gasteiger partial charge in [-0.25, -0.2) is 0 Å². The van der Waals surface area contributed by atoms with Crippen LogP contribution in [0.5, 0.6) is 0 Å². The Balaban J connectivity index is 1.79. The number of hydrogen-bond acceptors (Lipinski definition) is 2. The van der Waals surface area contributed by atoms with Crippen molar-refractivity contribution in [1.82, 2.24) is 4.90 Å². The number of hydrogen-bond donors (Lipinski definition) is 0. The first-order valence-electron chi connectivity index (χ1n) is 6.27. The molecule has 2 heterocycles. The summed E-state index contributed by atoms with van der Waals surface area (Å²) in [6.07, 6.45) is 2.73. The van der Waals surface area contributed by atoms with Crippen LogP contribution in [0.4, 0.5) is 0 Å². The zero-order valence-corrected chi connectivity index (χ0v) is 10.7. The fourth-order valence-electron chi connectivity index (χ4n) is 2.46. The largest absolute Gasteiger partial charge is 0.299 e. The topological polar surface area (TPSA) is 3.24 Å². The smallest absolute Gasteiger partial charge is 0.0342 e. The van der Waals surface area contributed by atoms with E-state index in [1.807, 2.05) is 11.3 Å². The van der Waals surface area contributed by atoms with Crippen molar-refractivity contribution in [2.24, 2.45) is 0 Å². The summed E-state index contributed by atoms with van der Waals surface area (Å²) in [7, 11) is 0. The number of nitrogens with zero attached hydrogens (tertiary/aromatic N) is 1. The van der Waals surface area contributed by atoms with Crippen LogP contribution in [0, 0.1) is 0 Å². The highest BCUT2D eigenvalue weighted by atomic mass is 32.1. The summed E-state index contributed by atoms with van der Waals surface area (Å²) in [5, 5.41) is 2.14. The van der Waals surface area contributed by atoms with Gasteiger partial charge >= 0.3 is 0 Å². The van der Waals surface area contributed by atoms with Crippen molar-refractivity contribution in [2.45, 2.75) is 19.4 Å². The normalized spacial score (nSPS) is 16.5. The lowest BCUT2D eigenvalue weighted by molar-refractivity contribution is 0.331. The minimum absolute atomic E-state index is 1.11. The molecular weight excluding hydrogens is 226 g/mol. The maximum absolute atomic E-state index is 2.55. The SMILES string of the molecule is c1cc(CN2CCCC2)cc(-c2cccs2)c1. The summed E-state index contributed by atoms with van der Waals surface area (Å²) in [5.74, 6) is 0. The lowest BCUT2D eigenvalue weighted by atomic mass is 10.1. The summed E-state index contributed by atoms with van der Waals surface area (Å²) in [6, 6.07) is 13.3. The van der Waals surface area contributed by atoms with E-state index in [9.17, 15) is 0 Å². The van der Waals surface area contributed by atoms with E-state index in [4.69, 9.17) is 0 Å². The standard InChI is InChI=1S/C15H17NS/c1-2-9-16(8-1)12-13-5-3-6-14(11-13)15-7-4-10-17-15/h3-7,10-11H,1-2,8-9,12H2. The van der Waals surface area contributed by atoms with Crippen LogP contribution in [0.3, 0.4) is 0 Å². The number of thiophene rings is 1. The number of likely N-dealkylation sites (tertiary alicyclic amines) is 1. The summed E-state index contributed by atoms with van der Waals surface area (Å²) in [6.45, 7) is 3.64. The van der Waals surface area contributed by atoms with Crippen LogP contribution in [-0.4, -0.2) is 18.0 Å². The predicted octanol–water partition coefficient (Wildman–Crippen LogP) is 4.01. The average Bonchev–Trinajstić information content (AvgIpc) is 3.01. The number of rotatable bonds is 3. The quantitative estimate of drug-likeness (QED) is 0.787. The highest BCUT2D eigenvalue weighted by Crippen LogP contribution is 2.25. The molecule has 0 amide bonds. The molecule has 1 saturated heterocycles. The molecule has 0 N–H and O–H groups in total. The van der Waals surface area contributed by atoms with Crippen LogP contribution >= 0.6 is 11.3 Å². The molecule has 0 saturated carbocycles. The zero-order valence-electron chi connectivity index (χ0n) is 9.93. The van der Waals surface area contributed by atoms with Crippen molar-refractivity contribution in [2.75, 3.05) is 13.1 Å². The molecule has 0 radical (unpaired) electrons. The van der Waals surface area contributed by atoms with E-state index >= 15 is 0 Å². The van der Waals surface area contributed by atoms with Gasteiger partial charge in [-0.2, -0.15) is 0 Å². The maximum atomic E-state index is 2.55. The van der Waals surface area contributed by atoms with Crippen molar-refractivity contribution >= 4 is 11.3 Å². The molecule has 17 heavy (non-hydrogen) atoms. The first kappa shape index (κ1) is 11.0. The van der Waals surface area contributed by atoms with Crippen molar-refractivity contribution in [1.29, 1.82) is 0 Å². The second-order valence-corrected chi connectivity index (χ2v) is 5.61. The van der Waals surface area contributed by atoms with Gasteiger partial charge in [0, 0.05) is 11.4 Å². The fraction of sp³-hybridized carbons (Fsp3) is 0.333. The van der Waals surface area contributed by atoms with Crippen LogP contribution < -0.4 is 0 Å². The van der Waals surface area contributed by atoms with Gasteiger partial charge < -0.3 is 0 Å². The molecule has 1 nitrogen and oxygen atoms in total. The van der Waals surface area contributed by atoms with Crippen LogP contribution in [-0.2, 0) is 6.54 Å². The van der Waals surface area contributed by atoms with Gasteiger partial charge in [-0.3, -0.25) is 4.90 Å². The molecule has 88 valence electrons. The molecule has 2 heteroatoms. The Morgan fingerprint density at radius 2 is 1.94 bits per heavy atom. The Hall–Kier alpha value is -1.12. The Bertz CT molecular complexity index is 469.